The Labute approximate surface area is 398 Å². The molecule has 1 aliphatic heterocycles. The van der Waals surface area contributed by atoms with Crippen LogP contribution in [0.5, 0.6) is 0 Å². The summed E-state index contributed by atoms with van der Waals surface area (Å²) in [7, 11) is 2.76. The van der Waals surface area contributed by atoms with E-state index in [1.54, 1.807) is 13.0 Å². The van der Waals surface area contributed by atoms with E-state index in [1.165, 1.54) is 50.4 Å². The molecule has 374 valence electrons. The van der Waals surface area contributed by atoms with Gasteiger partial charge in [0.2, 0.25) is 0 Å². The van der Waals surface area contributed by atoms with Gasteiger partial charge in [0.1, 0.15) is 12.2 Å². The number of hydrogen-bond donors (Lipinski definition) is 0. The number of carbonyl (C=O) groups is 4. The minimum absolute atomic E-state index is 0.0701. The topological polar surface area (TPSA) is 124 Å². The number of rotatable bonds is 12. The van der Waals surface area contributed by atoms with Crippen LogP contribution in [0.15, 0.2) is 108 Å². The van der Waals surface area contributed by atoms with E-state index in [-0.39, 0.29) is 59.8 Å². The highest BCUT2D eigenvalue weighted by atomic mass is 19.4. The molecule has 4 aliphatic carbocycles. The molecule has 1 heterocycles. The zero-order chi connectivity index (χ0) is 50.5. The molecule has 0 aromatic heterocycles. The molecule has 5 aliphatic rings. The molecule has 7 rings (SSSR count). The van der Waals surface area contributed by atoms with E-state index in [9.17, 15) is 14.4 Å². The number of hydrogen-bond acceptors (Lipinski definition) is 10. The van der Waals surface area contributed by atoms with E-state index in [4.69, 9.17) is 28.4 Å². The van der Waals surface area contributed by atoms with Crippen molar-refractivity contribution in [3.05, 3.63) is 119 Å². The Morgan fingerprint density at radius 3 is 1.94 bits per heavy atom. The van der Waals surface area contributed by atoms with Crippen LogP contribution in [0.2, 0.25) is 0 Å². The van der Waals surface area contributed by atoms with Crippen molar-refractivity contribution in [1.82, 2.24) is 0 Å². The Kier molecular flexibility index (Phi) is 14.1. The lowest BCUT2D eigenvalue weighted by Crippen LogP contribution is -2.54. The number of fused-ring (bicyclic) bond motifs is 3. The maximum atomic E-state index is 15.6. The second-order valence-electron chi connectivity index (χ2n) is 19.9. The van der Waals surface area contributed by atoms with Crippen LogP contribution in [0.25, 0.3) is 0 Å². The highest BCUT2D eigenvalue weighted by Crippen LogP contribution is 2.61. The van der Waals surface area contributed by atoms with Crippen molar-refractivity contribution in [2.24, 2.45) is 46.3 Å². The first-order valence-electron chi connectivity index (χ1n) is 23.3. The Hall–Kier alpha value is -5.22. The van der Waals surface area contributed by atoms with Gasteiger partial charge in [0.15, 0.2) is 17.1 Å². The summed E-state index contributed by atoms with van der Waals surface area (Å²) < 4.78 is 124. The fourth-order valence-electron chi connectivity index (χ4n) is 12.3. The molecule has 69 heavy (non-hydrogen) atoms. The molecule has 1 spiro atoms. The Balaban J connectivity index is 1.35. The number of carbonyl (C=O) groups excluding carboxylic acids is 4. The maximum Gasteiger partial charge on any atom is 0.432 e. The van der Waals surface area contributed by atoms with Gasteiger partial charge in [0, 0.05) is 42.6 Å². The minimum Gasteiger partial charge on any atom is -0.496 e. The molecular weight excluding hydrogens is 911 g/mol. The minimum atomic E-state index is -5.32. The first-order chi connectivity index (χ1) is 32.4. The van der Waals surface area contributed by atoms with Crippen LogP contribution in [-0.2, 0) is 58.8 Å². The Morgan fingerprint density at radius 2 is 1.39 bits per heavy atom. The van der Waals surface area contributed by atoms with Gasteiger partial charge < -0.3 is 28.4 Å². The smallest absolute Gasteiger partial charge is 0.432 e. The van der Waals surface area contributed by atoms with Gasteiger partial charge in [-0.1, -0.05) is 125 Å². The highest BCUT2D eigenvalue weighted by Gasteiger charge is 2.68. The number of halogens is 6. The molecule has 2 bridgehead atoms. The van der Waals surface area contributed by atoms with Crippen molar-refractivity contribution in [2.45, 2.75) is 108 Å². The molecule has 2 aromatic carbocycles. The van der Waals surface area contributed by atoms with Gasteiger partial charge >= 0.3 is 30.3 Å². The van der Waals surface area contributed by atoms with Gasteiger partial charge in [-0.15, -0.1) is 0 Å². The number of ether oxygens (including phenoxy) is 6. The van der Waals surface area contributed by atoms with Gasteiger partial charge in [-0.05, 0) is 73.7 Å². The van der Waals surface area contributed by atoms with Gasteiger partial charge in [0.05, 0.1) is 13.2 Å². The molecule has 0 radical (unpaired) electrons. The second-order valence-corrected chi connectivity index (χ2v) is 19.9. The van der Waals surface area contributed by atoms with Crippen LogP contribution >= 0.6 is 0 Å². The molecule has 16 heteroatoms. The van der Waals surface area contributed by atoms with E-state index in [2.05, 4.69) is 19.1 Å². The summed E-state index contributed by atoms with van der Waals surface area (Å²) in [5.41, 5.74) is -12.6. The van der Waals surface area contributed by atoms with E-state index in [0.29, 0.717) is 5.92 Å². The van der Waals surface area contributed by atoms with Gasteiger partial charge in [-0.2, -0.15) is 26.3 Å². The van der Waals surface area contributed by atoms with Crippen LogP contribution in [-0.4, -0.2) is 75.7 Å². The predicted octanol–water partition coefficient (Wildman–Crippen LogP) is 10.6. The van der Waals surface area contributed by atoms with Gasteiger partial charge in [-0.3, -0.25) is 4.79 Å². The van der Waals surface area contributed by atoms with Crippen molar-refractivity contribution in [3.8, 4) is 0 Å². The van der Waals surface area contributed by atoms with Crippen molar-refractivity contribution >= 4 is 23.7 Å². The quantitative estimate of drug-likeness (QED) is 0.0668. The summed E-state index contributed by atoms with van der Waals surface area (Å²) >= 11 is 0. The number of benzene rings is 2. The zero-order valence-electron chi connectivity index (χ0n) is 40.0. The molecule has 1 fully saturated rings. The first-order valence-corrected chi connectivity index (χ1v) is 23.3. The fourth-order valence-corrected chi connectivity index (χ4v) is 12.3. The molecule has 0 unspecified atom stereocenters. The molecule has 12 atom stereocenters. The third-order valence-electron chi connectivity index (χ3n) is 15.8. The third-order valence-corrected chi connectivity index (χ3v) is 15.8. The number of Topliss-reactive ketones (excluding diaryl/α,β-unsaturated/α-hetero) is 1. The lowest BCUT2D eigenvalue weighted by atomic mass is 9.51. The lowest BCUT2D eigenvalue weighted by molar-refractivity contribution is -0.278. The fraction of sp³-hybridized carbons (Fsp3) is 0.547. The second kappa shape index (κ2) is 18.8. The summed E-state index contributed by atoms with van der Waals surface area (Å²) in [6.07, 6.45) is -0.268. The molecule has 0 amide bonds. The van der Waals surface area contributed by atoms with Crippen LogP contribution < -0.4 is 0 Å². The Bertz CT molecular complexity index is 2410. The van der Waals surface area contributed by atoms with Gasteiger partial charge in [0.25, 0.3) is 11.2 Å². The summed E-state index contributed by atoms with van der Waals surface area (Å²) in [6.45, 7) is 8.34. The highest BCUT2D eigenvalue weighted by molar-refractivity contribution is 6.21. The van der Waals surface area contributed by atoms with Gasteiger partial charge in [-0.25, -0.2) is 14.4 Å². The number of esters is 3. The van der Waals surface area contributed by atoms with Crippen molar-refractivity contribution in [1.29, 1.82) is 0 Å². The molecule has 0 N–H and O–H groups in total. The molecule has 1 saturated carbocycles. The zero-order valence-corrected chi connectivity index (χ0v) is 40.0. The van der Waals surface area contributed by atoms with E-state index in [1.807, 2.05) is 26.0 Å². The Morgan fingerprint density at radius 1 is 0.812 bits per heavy atom. The normalized spacial score (nSPS) is 32.9. The molecule has 2 aromatic rings. The average Bonchev–Trinajstić information content (AvgIpc) is 3.57. The summed E-state index contributed by atoms with van der Waals surface area (Å²) in [4.78, 5) is 58.1. The average molecular weight is 971 g/mol. The van der Waals surface area contributed by atoms with Crippen molar-refractivity contribution in [2.75, 3.05) is 27.9 Å². The number of allylic oxidation sites excluding steroid dienone is 4. The standard InChI is InChI=1S/C53H60F6O10/c1-31-21-23-40-34(26-31)22-24-39-32(2)16-15-25-47(4)28-36(30-67-45(62)50(65-7,52(54,55)56)37-17-11-9-12-18-37)35(29-49(47)43(64-6)41(44(61)69-49)42(60)48(39,40)5)27-33(3)68-46(63)51(66-8,53(57,58)59)38-19-13-10-14-20-38/h9-20,22,24,28,31-35,39-40H,21,23,25-27,29-30H2,1-8H3/b16-15+/t31-,32+,33+,34+,35+,39-,40+,47+,48+,49+,50+,51+/m0/s1. The lowest BCUT2D eigenvalue weighted by Gasteiger charge is -2.51. The van der Waals surface area contributed by atoms with Crippen molar-refractivity contribution in [3.63, 3.8) is 0 Å². The molecular formula is C53H60F6O10. The van der Waals surface area contributed by atoms with Crippen LogP contribution in [0.1, 0.15) is 84.3 Å². The number of alkyl halides is 6. The van der Waals surface area contributed by atoms with Crippen LogP contribution in [0, 0.1) is 46.3 Å². The van der Waals surface area contributed by atoms with E-state index < -0.39 is 93.4 Å². The van der Waals surface area contributed by atoms with E-state index in [0.717, 1.165) is 57.7 Å². The van der Waals surface area contributed by atoms with E-state index >= 15 is 31.1 Å². The summed E-state index contributed by atoms with van der Waals surface area (Å²) in [5.74, 6) is -6.28. The monoisotopic (exact) mass is 970 g/mol. The SMILES string of the molecule is COC1=C2C(=O)O[C@]13C[C@@H](C[C@@H](C)OC(=O)[C@](OC)(c1ccccc1)C(F)(F)F)C(COC(=O)[C@](OC)(c1ccccc1)C(F)(F)F)=C[C@@]3(C)C/C=C/[C@@H](C)[C@@H]1C=C[C@@H]3C[C@@H](C)CC[C@H]3[C@]1(C)C2=O. The summed E-state index contributed by atoms with van der Waals surface area (Å²) in [6, 6.07) is 12.4. The molecule has 10 nitrogen and oxygen atoms in total. The number of ketones is 1. The molecule has 0 saturated heterocycles. The third kappa shape index (κ3) is 8.34. The summed E-state index contributed by atoms with van der Waals surface area (Å²) in [5, 5.41) is 0. The predicted molar refractivity (Wildman–Crippen MR) is 239 cm³/mol. The van der Waals surface area contributed by atoms with Crippen molar-refractivity contribution < 1.29 is 73.9 Å². The van der Waals surface area contributed by atoms with Crippen LogP contribution in [0.3, 0.4) is 0 Å². The maximum absolute atomic E-state index is 15.6. The first kappa shape index (κ1) is 51.6. The number of methoxy groups -OCH3 is 3. The largest absolute Gasteiger partial charge is 0.496 e. The van der Waals surface area contributed by atoms with Crippen LogP contribution in [0.4, 0.5) is 26.3 Å².